The lowest BCUT2D eigenvalue weighted by molar-refractivity contribution is 0.627. The van der Waals surface area contributed by atoms with Gasteiger partial charge in [0.2, 0.25) is 0 Å². The first-order valence-corrected chi connectivity index (χ1v) is 23.0. The maximum absolute atomic E-state index is 14.2. The number of nitrogens with zero attached hydrogens (tertiary/aromatic N) is 4. The quantitative estimate of drug-likeness (QED) is 0.136. The standard InChI is InChI=1S/C56H43F2N3.C5H7N/c1-34(2)36-8-18-44(19-9-36)59(46-24-14-42(57)15-25-46)48-22-12-38-30-52-50-6-5-7-51-53-31-39-13-23-49(29-41(39)33-55(53)61(56(50)51)54(52)32-40(38)28-48)60(47-26-16-43(58)17-27-47)45-20-10-37(11-21-45)35(3)4;1-2-3-4-5-6/h5-35H,1-4H3;2-3H,4H2,1H3/b;3-2-. The predicted molar refractivity (Wildman–Crippen MR) is 279 cm³/mol. The molecular formula is C61H50F2N4. The van der Waals surface area contributed by atoms with E-state index in [1.807, 2.05) is 49.4 Å². The molecule has 0 radical (unpaired) electrons. The van der Waals surface area contributed by atoms with Crippen LogP contribution >= 0.6 is 0 Å². The van der Waals surface area contributed by atoms with Crippen molar-refractivity contribution < 1.29 is 8.78 Å². The average Bonchev–Trinajstić information content (AvgIpc) is 3.84. The molecule has 6 heteroatoms. The summed E-state index contributed by atoms with van der Waals surface area (Å²) in [6.45, 7) is 10.7. The van der Waals surface area contributed by atoms with Gasteiger partial charge >= 0.3 is 0 Å². The minimum atomic E-state index is -0.261. The van der Waals surface area contributed by atoms with Crippen molar-refractivity contribution in [3.05, 3.63) is 211 Å². The van der Waals surface area contributed by atoms with E-state index < -0.39 is 0 Å². The van der Waals surface area contributed by atoms with Crippen LogP contribution in [0.1, 0.15) is 64.0 Å². The number of anilines is 6. The number of rotatable bonds is 9. The zero-order valence-corrected chi connectivity index (χ0v) is 38.3. The van der Waals surface area contributed by atoms with Crippen molar-refractivity contribution in [1.29, 1.82) is 5.26 Å². The number of benzene rings is 9. The van der Waals surface area contributed by atoms with Crippen LogP contribution in [0.2, 0.25) is 0 Å². The van der Waals surface area contributed by atoms with E-state index >= 15 is 0 Å². The van der Waals surface area contributed by atoms with Gasteiger partial charge in [-0.1, -0.05) is 94.4 Å². The first kappa shape index (κ1) is 42.9. The van der Waals surface area contributed by atoms with Gasteiger partial charge in [0.05, 0.1) is 29.0 Å². The summed E-state index contributed by atoms with van der Waals surface area (Å²) in [7, 11) is 0. The summed E-state index contributed by atoms with van der Waals surface area (Å²) in [4.78, 5) is 4.40. The van der Waals surface area contributed by atoms with Gasteiger partial charge in [-0.05, 0) is 173 Å². The van der Waals surface area contributed by atoms with Crippen LogP contribution in [0, 0.1) is 23.0 Å². The fourth-order valence-electron chi connectivity index (χ4n) is 9.48. The Morgan fingerprint density at radius 2 is 0.866 bits per heavy atom. The number of allylic oxidation sites excluding steroid dienone is 2. The molecule has 11 rings (SSSR count). The predicted octanol–water partition coefficient (Wildman–Crippen LogP) is 18.1. The Balaban J connectivity index is 0.000000823. The van der Waals surface area contributed by atoms with Crippen LogP contribution in [-0.4, -0.2) is 4.40 Å². The summed E-state index contributed by atoms with van der Waals surface area (Å²) in [6, 6.07) is 62.0. The molecule has 0 aliphatic carbocycles. The fourth-order valence-corrected chi connectivity index (χ4v) is 9.48. The van der Waals surface area contributed by atoms with Gasteiger partial charge < -0.3 is 14.2 Å². The molecule has 0 aliphatic heterocycles. The summed E-state index contributed by atoms with van der Waals surface area (Å²) >= 11 is 0. The summed E-state index contributed by atoms with van der Waals surface area (Å²) < 4.78 is 30.9. The van der Waals surface area contributed by atoms with Crippen LogP contribution in [0.15, 0.2) is 188 Å². The molecule has 0 aliphatic rings. The molecule has 0 saturated carbocycles. The van der Waals surface area contributed by atoms with Crippen molar-refractivity contribution in [3.63, 3.8) is 0 Å². The third-order valence-electron chi connectivity index (χ3n) is 13.0. The first-order chi connectivity index (χ1) is 32.6. The van der Waals surface area contributed by atoms with E-state index in [4.69, 9.17) is 5.26 Å². The number of nitriles is 1. The summed E-state index contributed by atoms with van der Waals surface area (Å²) in [5.41, 5.74) is 11.9. The van der Waals surface area contributed by atoms with Crippen LogP contribution < -0.4 is 9.80 Å². The number of halogens is 2. The third kappa shape index (κ3) is 7.97. The van der Waals surface area contributed by atoms with E-state index in [0.717, 1.165) is 66.7 Å². The highest BCUT2D eigenvalue weighted by Crippen LogP contribution is 2.44. The molecule has 4 nitrogen and oxygen atoms in total. The first-order valence-electron chi connectivity index (χ1n) is 23.0. The maximum Gasteiger partial charge on any atom is 0.123 e. The molecule has 0 spiro atoms. The monoisotopic (exact) mass is 876 g/mol. The van der Waals surface area contributed by atoms with Gasteiger partial charge in [-0.15, -0.1) is 0 Å². The molecule has 0 unspecified atom stereocenters. The zero-order valence-electron chi connectivity index (χ0n) is 38.3. The Kier molecular flexibility index (Phi) is 11.4. The molecule has 11 aromatic rings. The summed E-state index contributed by atoms with van der Waals surface area (Å²) in [5, 5.41) is 17.3. The normalized spacial score (nSPS) is 11.8. The molecular weight excluding hydrogens is 827 g/mol. The lowest BCUT2D eigenvalue weighted by Crippen LogP contribution is -2.10. The highest BCUT2D eigenvalue weighted by Gasteiger charge is 2.21. The van der Waals surface area contributed by atoms with Crippen molar-refractivity contribution >= 4 is 93.8 Å². The van der Waals surface area contributed by atoms with E-state index in [1.165, 1.54) is 62.5 Å². The van der Waals surface area contributed by atoms with Gasteiger partial charge in [0.25, 0.3) is 0 Å². The minimum Gasteiger partial charge on any atom is -0.310 e. The van der Waals surface area contributed by atoms with E-state index in [1.54, 1.807) is 0 Å². The van der Waals surface area contributed by atoms with Crippen molar-refractivity contribution in [2.24, 2.45) is 0 Å². The molecule has 67 heavy (non-hydrogen) atoms. The zero-order chi connectivity index (χ0) is 46.3. The SMILES string of the molecule is C/C=C\CC#N.CC(C)c1ccc(N(c2ccc(F)cc2)c2ccc3cc4c5cccc6c7cc8ccc(N(c9ccc(F)cc9)c9ccc(C(C)C)cc9)cc8cc7n(c4cc3c2)c56)cc1. The van der Waals surface area contributed by atoms with Crippen LogP contribution in [0.5, 0.6) is 0 Å². The van der Waals surface area contributed by atoms with Gasteiger partial charge in [0.15, 0.2) is 0 Å². The largest absolute Gasteiger partial charge is 0.310 e. The topological polar surface area (TPSA) is 34.7 Å². The Hall–Kier alpha value is -8.01. The Bertz CT molecular complexity index is 3410. The van der Waals surface area contributed by atoms with Crippen LogP contribution in [0.4, 0.5) is 42.9 Å². The number of aromatic nitrogens is 1. The average molecular weight is 877 g/mol. The van der Waals surface area contributed by atoms with Crippen LogP contribution in [-0.2, 0) is 0 Å². The molecule has 2 heterocycles. The Morgan fingerprint density at radius 1 is 0.478 bits per heavy atom. The van der Waals surface area contributed by atoms with Crippen molar-refractivity contribution in [1.82, 2.24) is 4.40 Å². The van der Waals surface area contributed by atoms with Crippen molar-refractivity contribution in [2.45, 2.75) is 52.9 Å². The second kappa shape index (κ2) is 17.8. The molecule has 2 aromatic heterocycles. The van der Waals surface area contributed by atoms with Crippen LogP contribution in [0.25, 0.3) is 59.6 Å². The lowest BCUT2D eigenvalue weighted by atomic mass is 10.0. The Morgan fingerprint density at radius 3 is 1.22 bits per heavy atom. The molecule has 9 aromatic carbocycles. The van der Waals surface area contributed by atoms with Gasteiger partial charge in [-0.25, -0.2) is 8.78 Å². The van der Waals surface area contributed by atoms with Gasteiger partial charge in [-0.2, -0.15) is 5.26 Å². The van der Waals surface area contributed by atoms with Crippen molar-refractivity contribution in [3.8, 4) is 6.07 Å². The smallest absolute Gasteiger partial charge is 0.123 e. The van der Waals surface area contributed by atoms with Crippen LogP contribution in [0.3, 0.4) is 0 Å². The minimum absolute atomic E-state index is 0.261. The van der Waals surface area contributed by atoms with E-state index in [0.29, 0.717) is 18.3 Å². The second-order valence-electron chi connectivity index (χ2n) is 17.9. The summed E-state index contributed by atoms with van der Waals surface area (Å²) in [5.74, 6) is 0.312. The van der Waals surface area contributed by atoms with Gasteiger partial charge in [0.1, 0.15) is 11.6 Å². The van der Waals surface area contributed by atoms with Gasteiger partial charge in [0, 0.05) is 55.7 Å². The fraction of sp³-hybridized carbons (Fsp3) is 0.131. The molecule has 328 valence electrons. The van der Waals surface area contributed by atoms with Gasteiger partial charge in [-0.3, -0.25) is 0 Å². The van der Waals surface area contributed by atoms with E-state index in [-0.39, 0.29) is 11.6 Å². The molecule has 0 atom stereocenters. The van der Waals surface area contributed by atoms with E-state index in [9.17, 15) is 8.78 Å². The molecule has 0 saturated heterocycles. The second-order valence-corrected chi connectivity index (χ2v) is 17.9. The lowest BCUT2D eigenvalue weighted by Gasteiger charge is -2.26. The summed E-state index contributed by atoms with van der Waals surface area (Å²) in [6.07, 6.45) is 4.22. The number of hydrogen-bond acceptors (Lipinski definition) is 3. The highest BCUT2D eigenvalue weighted by atomic mass is 19.1. The maximum atomic E-state index is 14.2. The molecule has 0 amide bonds. The molecule has 0 bridgehead atoms. The van der Waals surface area contributed by atoms with E-state index in [2.05, 4.69) is 169 Å². The molecule has 0 N–H and O–H groups in total. The number of hydrogen-bond donors (Lipinski definition) is 0. The number of para-hydroxylation sites is 1. The van der Waals surface area contributed by atoms with Crippen molar-refractivity contribution in [2.75, 3.05) is 9.80 Å². The Labute approximate surface area is 390 Å². The number of fused-ring (bicyclic) bond motifs is 8. The highest BCUT2D eigenvalue weighted by molar-refractivity contribution is 6.26. The third-order valence-corrected chi connectivity index (χ3v) is 13.0. The molecule has 0 fully saturated rings.